The van der Waals surface area contributed by atoms with Crippen LogP contribution in [0.1, 0.15) is 17.2 Å². The van der Waals surface area contributed by atoms with Crippen molar-refractivity contribution in [3.8, 4) is 0 Å². The molecule has 0 saturated carbocycles. The molecule has 1 N–H and O–H groups in total. The Morgan fingerprint density at radius 2 is 1.70 bits per heavy atom. The third kappa shape index (κ3) is 5.53. The van der Waals surface area contributed by atoms with Crippen molar-refractivity contribution < 1.29 is 14.6 Å². The molecule has 0 spiro atoms. The third-order valence-corrected chi connectivity index (χ3v) is 5.21. The van der Waals surface area contributed by atoms with E-state index in [4.69, 9.17) is 21.4 Å². The van der Waals surface area contributed by atoms with E-state index in [0.717, 1.165) is 43.3 Å². The smallest absolute Gasteiger partial charge is 0.329 e. The van der Waals surface area contributed by atoms with Crippen LogP contribution in [0, 0.1) is 0 Å². The molecule has 1 fully saturated rings. The number of ether oxygens (including phenoxy) is 1. The number of nitrogens with zero attached hydrogens (tertiary/aromatic N) is 2. The third-order valence-electron chi connectivity index (χ3n) is 4.86. The predicted molar refractivity (Wildman–Crippen MR) is 106 cm³/mol. The van der Waals surface area contributed by atoms with Gasteiger partial charge in [-0.15, -0.1) is 0 Å². The Hall–Kier alpha value is -1.92. The number of hydrogen-bond donors (Lipinski definition) is 1. The molecule has 0 radical (unpaired) electrons. The fourth-order valence-electron chi connectivity index (χ4n) is 3.52. The van der Waals surface area contributed by atoms with Gasteiger partial charge >= 0.3 is 5.97 Å². The fourth-order valence-corrected chi connectivity index (χ4v) is 3.76. The summed E-state index contributed by atoms with van der Waals surface area (Å²) in [7, 11) is 0. The number of benzene rings is 2. The van der Waals surface area contributed by atoms with Crippen LogP contribution in [0.3, 0.4) is 0 Å². The standard InChI is InChI=1S/C21H25ClN2O3/c22-19-9-5-4-8-18(19)21(17-6-2-1-3-7-17)24-12-10-23(11-13-24)14-15-27-16-20(25)26/h1-9,21H,10-16H2,(H,25,26). The van der Waals surface area contributed by atoms with Crippen molar-refractivity contribution >= 4 is 17.6 Å². The van der Waals surface area contributed by atoms with Crippen LogP contribution in [-0.4, -0.2) is 66.8 Å². The number of piperazine rings is 1. The number of carbonyl (C=O) groups is 1. The van der Waals surface area contributed by atoms with E-state index in [1.807, 2.05) is 24.3 Å². The van der Waals surface area contributed by atoms with Gasteiger partial charge in [0.25, 0.3) is 0 Å². The summed E-state index contributed by atoms with van der Waals surface area (Å²) in [6.07, 6.45) is 0. The normalized spacial score (nSPS) is 16.9. The highest BCUT2D eigenvalue weighted by molar-refractivity contribution is 6.31. The van der Waals surface area contributed by atoms with Gasteiger partial charge in [-0.05, 0) is 17.2 Å². The van der Waals surface area contributed by atoms with Crippen LogP contribution in [0.4, 0.5) is 0 Å². The first kappa shape index (κ1) is 19.8. The molecule has 5 nitrogen and oxygen atoms in total. The van der Waals surface area contributed by atoms with Crippen molar-refractivity contribution in [2.75, 3.05) is 45.9 Å². The van der Waals surface area contributed by atoms with Crippen molar-refractivity contribution in [3.63, 3.8) is 0 Å². The molecule has 0 aromatic heterocycles. The zero-order valence-electron chi connectivity index (χ0n) is 15.3. The largest absolute Gasteiger partial charge is 0.480 e. The lowest BCUT2D eigenvalue weighted by molar-refractivity contribution is -0.142. The average molecular weight is 389 g/mol. The van der Waals surface area contributed by atoms with Gasteiger partial charge in [-0.1, -0.05) is 60.1 Å². The highest BCUT2D eigenvalue weighted by atomic mass is 35.5. The quantitative estimate of drug-likeness (QED) is 0.704. The van der Waals surface area contributed by atoms with E-state index >= 15 is 0 Å². The Labute approximate surface area is 165 Å². The van der Waals surface area contributed by atoms with Crippen LogP contribution < -0.4 is 0 Å². The molecule has 144 valence electrons. The van der Waals surface area contributed by atoms with E-state index in [1.54, 1.807) is 0 Å². The summed E-state index contributed by atoms with van der Waals surface area (Å²) < 4.78 is 5.15. The maximum absolute atomic E-state index is 10.5. The molecule has 1 atom stereocenters. The summed E-state index contributed by atoms with van der Waals surface area (Å²) in [5, 5.41) is 9.42. The predicted octanol–water partition coefficient (Wildman–Crippen LogP) is 3.15. The number of rotatable bonds is 8. The minimum atomic E-state index is -0.926. The Kier molecular flexibility index (Phi) is 7.24. The molecule has 3 rings (SSSR count). The second-order valence-electron chi connectivity index (χ2n) is 6.66. The zero-order chi connectivity index (χ0) is 19.1. The molecule has 0 bridgehead atoms. The summed E-state index contributed by atoms with van der Waals surface area (Å²) in [5.41, 5.74) is 2.37. The maximum Gasteiger partial charge on any atom is 0.329 e. The van der Waals surface area contributed by atoms with Crippen LogP contribution in [0.15, 0.2) is 54.6 Å². The second kappa shape index (κ2) is 9.85. The van der Waals surface area contributed by atoms with Gasteiger partial charge in [-0.25, -0.2) is 4.79 Å². The topological polar surface area (TPSA) is 53.0 Å². The van der Waals surface area contributed by atoms with Gasteiger partial charge in [0.05, 0.1) is 12.6 Å². The molecule has 2 aromatic carbocycles. The highest BCUT2D eigenvalue weighted by Gasteiger charge is 2.27. The first-order valence-corrected chi connectivity index (χ1v) is 9.58. The fraction of sp³-hybridized carbons (Fsp3) is 0.381. The molecule has 1 aliphatic heterocycles. The lowest BCUT2D eigenvalue weighted by atomic mass is 9.96. The summed E-state index contributed by atoms with van der Waals surface area (Å²) in [6.45, 7) is 4.65. The van der Waals surface area contributed by atoms with Gasteiger partial charge < -0.3 is 9.84 Å². The van der Waals surface area contributed by atoms with E-state index in [0.29, 0.717) is 6.61 Å². The van der Waals surface area contributed by atoms with E-state index in [-0.39, 0.29) is 12.6 Å². The molecule has 1 saturated heterocycles. The number of carboxylic acid groups (broad SMARTS) is 1. The van der Waals surface area contributed by atoms with Gasteiger partial charge in [-0.3, -0.25) is 9.80 Å². The molecule has 2 aromatic rings. The first-order chi connectivity index (χ1) is 13.1. The molecule has 1 unspecified atom stereocenters. The van der Waals surface area contributed by atoms with Crippen molar-refractivity contribution in [3.05, 3.63) is 70.7 Å². The molecule has 0 amide bonds. The van der Waals surface area contributed by atoms with Crippen LogP contribution >= 0.6 is 11.6 Å². The zero-order valence-corrected chi connectivity index (χ0v) is 16.0. The van der Waals surface area contributed by atoms with E-state index < -0.39 is 5.97 Å². The number of halogens is 1. The maximum atomic E-state index is 10.5. The molecular formula is C21H25ClN2O3. The summed E-state index contributed by atoms with van der Waals surface area (Å²) in [5.74, 6) is -0.926. The first-order valence-electron chi connectivity index (χ1n) is 9.20. The van der Waals surface area contributed by atoms with Gasteiger partial charge in [0.1, 0.15) is 6.61 Å². The summed E-state index contributed by atoms with van der Waals surface area (Å²) in [6, 6.07) is 18.6. The van der Waals surface area contributed by atoms with Gasteiger partial charge in [-0.2, -0.15) is 0 Å². The van der Waals surface area contributed by atoms with E-state index in [2.05, 4.69) is 40.1 Å². The minimum Gasteiger partial charge on any atom is -0.480 e. The second-order valence-corrected chi connectivity index (χ2v) is 7.07. The van der Waals surface area contributed by atoms with Crippen molar-refractivity contribution in [2.45, 2.75) is 6.04 Å². The van der Waals surface area contributed by atoms with Gasteiger partial charge in [0, 0.05) is 37.7 Å². The molecular weight excluding hydrogens is 364 g/mol. The average Bonchev–Trinajstić information content (AvgIpc) is 2.69. The number of carboxylic acids is 1. The van der Waals surface area contributed by atoms with Crippen LogP contribution in [0.25, 0.3) is 0 Å². The van der Waals surface area contributed by atoms with Crippen LogP contribution in [0.2, 0.25) is 5.02 Å². The van der Waals surface area contributed by atoms with Crippen molar-refractivity contribution in [1.29, 1.82) is 0 Å². The van der Waals surface area contributed by atoms with Crippen LogP contribution in [-0.2, 0) is 9.53 Å². The van der Waals surface area contributed by atoms with Gasteiger partial charge in [0.15, 0.2) is 0 Å². The summed E-state index contributed by atoms with van der Waals surface area (Å²) in [4.78, 5) is 15.3. The lowest BCUT2D eigenvalue weighted by Gasteiger charge is -2.40. The molecule has 1 aliphatic rings. The minimum absolute atomic E-state index is 0.130. The van der Waals surface area contributed by atoms with Crippen molar-refractivity contribution in [2.24, 2.45) is 0 Å². The number of hydrogen-bond acceptors (Lipinski definition) is 4. The monoisotopic (exact) mass is 388 g/mol. The van der Waals surface area contributed by atoms with E-state index in [9.17, 15) is 4.79 Å². The molecule has 6 heteroatoms. The van der Waals surface area contributed by atoms with Crippen molar-refractivity contribution in [1.82, 2.24) is 9.80 Å². The molecule has 0 aliphatic carbocycles. The Morgan fingerprint density at radius 3 is 2.37 bits per heavy atom. The Morgan fingerprint density at radius 1 is 1.04 bits per heavy atom. The Bertz CT molecular complexity index is 733. The summed E-state index contributed by atoms with van der Waals surface area (Å²) >= 11 is 6.53. The highest BCUT2D eigenvalue weighted by Crippen LogP contribution is 2.33. The van der Waals surface area contributed by atoms with E-state index in [1.165, 1.54) is 5.56 Å². The molecule has 1 heterocycles. The van der Waals surface area contributed by atoms with Crippen LogP contribution in [0.5, 0.6) is 0 Å². The number of aliphatic carboxylic acids is 1. The Balaban J connectivity index is 1.65. The lowest BCUT2D eigenvalue weighted by Crippen LogP contribution is -2.48. The SMILES string of the molecule is O=C(O)COCCN1CCN(C(c2ccccc2)c2ccccc2Cl)CC1. The van der Waals surface area contributed by atoms with Gasteiger partial charge in [0.2, 0.25) is 0 Å². The molecule has 27 heavy (non-hydrogen) atoms.